The van der Waals surface area contributed by atoms with E-state index in [2.05, 4.69) is 27.2 Å². The summed E-state index contributed by atoms with van der Waals surface area (Å²) in [6, 6.07) is 6.18. The van der Waals surface area contributed by atoms with Crippen molar-refractivity contribution in [2.75, 3.05) is 32.4 Å². The molecule has 0 spiro atoms. The van der Waals surface area contributed by atoms with Gasteiger partial charge in [0.1, 0.15) is 0 Å². The first-order valence-corrected chi connectivity index (χ1v) is 11.5. The molecular formula is C17H24N4O3S2. The number of aliphatic hydroxyl groups is 1. The van der Waals surface area contributed by atoms with Crippen molar-refractivity contribution in [1.82, 2.24) is 19.4 Å². The summed E-state index contributed by atoms with van der Waals surface area (Å²) in [5.74, 6) is -0.0354. The fraction of sp³-hybridized carbons (Fsp3) is 0.588. The van der Waals surface area contributed by atoms with Crippen molar-refractivity contribution < 1.29 is 13.5 Å². The van der Waals surface area contributed by atoms with E-state index in [0.717, 1.165) is 30.2 Å². The van der Waals surface area contributed by atoms with Gasteiger partial charge in [-0.25, -0.2) is 12.7 Å². The Morgan fingerprint density at radius 1 is 1.31 bits per heavy atom. The molecule has 2 aliphatic rings. The molecule has 0 aliphatic carbocycles. The van der Waals surface area contributed by atoms with Gasteiger partial charge in [-0.1, -0.05) is 0 Å². The van der Waals surface area contributed by atoms with Gasteiger partial charge in [0.05, 0.1) is 22.4 Å². The maximum Gasteiger partial charge on any atom is 0.211 e. The number of hydrogen-bond donors (Lipinski definition) is 2. The lowest BCUT2D eigenvalue weighted by atomic mass is 9.76. The van der Waals surface area contributed by atoms with Crippen molar-refractivity contribution in [3.63, 3.8) is 0 Å². The minimum Gasteiger partial charge on any atom is -0.389 e. The van der Waals surface area contributed by atoms with E-state index in [0.29, 0.717) is 25.9 Å². The fourth-order valence-electron chi connectivity index (χ4n) is 4.01. The molecule has 0 radical (unpaired) electrons. The van der Waals surface area contributed by atoms with Crippen molar-refractivity contribution in [2.24, 2.45) is 5.92 Å². The van der Waals surface area contributed by atoms with Crippen LogP contribution in [-0.2, 0) is 16.6 Å². The van der Waals surface area contributed by atoms with Crippen LogP contribution in [0.1, 0.15) is 17.7 Å². The van der Waals surface area contributed by atoms with Gasteiger partial charge in [-0.05, 0) is 31.0 Å². The van der Waals surface area contributed by atoms with Crippen LogP contribution >= 0.6 is 11.3 Å². The third-order valence-electron chi connectivity index (χ3n) is 5.59. The Balaban J connectivity index is 1.43. The molecule has 2 N–H and O–H groups in total. The molecule has 2 aromatic heterocycles. The van der Waals surface area contributed by atoms with Crippen LogP contribution in [-0.4, -0.2) is 71.0 Å². The Hall–Kier alpha value is -1.26. The molecule has 4 heterocycles. The summed E-state index contributed by atoms with van der Waals surface area (Å²) >= 11 is 1.74. The number of sulfonamides is 1. The summed E-state index contributed by atoms with van der Waals surface area (Å²) < 4.78 is 25.3. The molecule has 7 nitrogen and oxygen atoms in total. The molecule has 2 aromatic rings. The van der Waals surface area contributed by atoms with E-state index in [-0.39, 0.29) is 5.92 Å². The van der Waals surface area contributed by atoms with E-state index in [1.165, 1.54) is 15.4 Å². The second-order valence-corrected chi connectivity index (χ2v) is 10.5. The maximum absolute atomic E-state index is 11.9. The van der Waals surface area contributed by atoms with Crippen LogP contribution in [0, 0.1) is 5.92 Å². The lowest BCUT2D eigenvalue weighted by Crippen LogP contribution is -2.60. The highest BCUT2D eigenvalue weighted by molar-refractivity contribution is 7.88. The van der Waals surface area contributed by atoms with Crippen LogP contribution in [0.3, 0.4) is 0 Å². The number of rotatable bonds is 4. The van der Waals surface area contributed by atoms with Gasteiger partial charge < -0.3 is 5.11 Å². The average molecular weight is 397 g/mol. The minimum atomic E-state index is -3.20. The van der Waals surface area contributed by atoms with E-state index in [1.807, 2.05) is 6.07 Å². The van der Waals surface area contributed by atoms with Crippen molar-refractivity contribution in [3.8, 4) is 10.6 Å². The molecule has 4 rings (SSSR count). The molecule has 0 saturated carbocycles. The van der Waals surface area contributed by atoms with Gasteiger partial charge in [0.15, 0.2) is 0 Å². The van der Waals surface area contributed by atoms with Crippen LogP contribution in [0.15, 0.2) is 24.4 Å². The zero-order valence-electron chi connectivity index (χ0n) is 14.8. The maximum atomic E-state index is 11.9. The highest BCUT2D eigenvalue weighted by Crippen LogP contribution is 2.37. The number of piperidine rings is 2. The number of H-pyrrole nitrogens is 1. The predicted molar refractivity (Wildman–Crippen MR) is 101 cm³/mol. The quantitative estimate of drug-likeness (QED) is 0.814. The van der Waals surface area contributed by atoms with Crippen molar-refractivity contribution in [2.45, 2.75) is 25.0 Å². The smallest absolute Gasteiger partial charge is 0.211 e. The van der Waals surface area contributed by atoms with Crippen LogP contribution in [0.2, 0.25) is 0 Å². The summed E-state index contributed by atoms with van der Waals surface area (Å²) in [5, 5.41) is 17.9. The average Bonchev–Trinajstić information content (AvgIpc) is 3.25. The fourth-order valence-corrected chi connectivity index (χ4v) is 5.91. The number of likely N-dealkylation sites (tertiary alicyclic amines) is 1. The number of nitrogens with one attached hydrogen (secondary N) is 1. The highest BCUT2D eigenvalue weighted by atomic mass is 32.2. The summed E-state index contributed by atoms with van der Waals surface area (Å²) in [5.41, 5.74) is 0.291. The summed E-state index contributed by atoms with van der Waals surface area (Å²) in [6.45, 7) is 3.22. The van der Waals surface area contributed by atoms with Gasteiger partial charge in [0.25, 0.3) is 0 Å². The normalized spacial score (nSPS) is 28.2. The molecule has 0 bridgehead atoms. The van der Waals surface area contributed by atoms with Crippen molar-refractivity contribution >= 4 is 21.4 Å². The SMILES string of the molecule is CS(=O)(=O)N1CC[C@@]2(O)CCN(Cc3ccc(-c4ccn[nH]4)s3)C[C@H]2C1. The molecule has 0 amide bonds. The Morgan fingerprint density at radius 2 is 2.12 bits per heavy atom. The van der Waals surface area contributed by atoms with Crippen LogP contribution in [0.5, 0.6) is 0 Å². The zero-order valence-corrected chi connectivity index (χ0v) is 16.4. The summed E-state index contributed by atoms with van der Waals surface area (Å²) in [6.07, 6.45) is 4.23. The van der Waals surface area contributed by atoms with Gasteiger partial charge in [0.2, 0.25) is 10.0 Å². The van der Waals surface area contributed by atoms with E-state index in [4.69, 9.17) is 0 Å². The lowest BCUT2D eigenvalue weighted by molar-refractivity contribution is -0.102. The minimum absolute atomic E-state index is 0.0354. The Morgan fingerprint density at radius 3 is 2.85 bits per heavy atom. The van der Waals surface area contributed by atoms with Crippen molar-refractivity contribution in [1.29, 1.82) is 0 Å². The van der Waals surface area contributed by atoms with E-state index in [9.17, 15) is 13.5 Å². The summed E-state index contributed by atoms with van der Waals surface area (Å²) in [4.78, 5) is 4.75. The lowest BCUT2D eigenvalue weighted by Gasteiger charge is -2.49. The molecule has 2 aliphatic heterocycles. The molecule has 2 fully saturated rings. The molecule has 0 unspecified atom stereocenters. The van der Waals surface area contributed by atoms with E-state index < -0.39 is 15.6 Å². The Labute approximate surface area is 157 Å². The molecule has 2 saturated heterocycles. The monoisotopic (exact) mass is 396 g/mol. The van der Waals surface area contributed by atoms with Crippen LogP contribution < -0.4 is 0 Å². The van der Waals surface area contributed by atoms with Crippen LogP contribution in [0.4, 0.5) is 0 Å². The Kier molecular flexibility index (Phi) is 4.68. The first-order chi connectivity index (χ1) is 12.3. The van der Waals surface area contributed by atoms with Crippen molar-refractivity contribution in [3.05, 3.63) is 29.3 Å². The standard InChI is InChI=1S/C17H24N4O3S2/c1-26(23,24)21-9-6-17(22)5-8-20(10-13(17)11-21)12-14-2-3-16(25-14)15-4-7-18-19-15/h2-4,7,13,22H,5-6,8-12H2,1H3,(H,18,19)/t13-,17-/m0/s1. The van der Waals surface area contributed by atoms with Crippen LogP contribution in [0.25, 0.3) is 10.6 Å². The molecule has 142 valence electrons. The van der Waals surface area contributed by atoms with Gasteiger partial charge in [-0.15, -0.1) is 11.3 Å². The second kappa shape index (κ2) is 6.72. The Bertz CT molecular complexity index is 864. The predicted octanol–water partition coefficient (Wildman–Crippen LogP) is 1.36. The largest absolute Gasteiger partial charge is 0.389 e. The van der Waals surface area contributed by atoms with E-state index >= 15 is 0 Å². The number of aromatic amines is 1. The first-order valence-electron chi connectivity index (χ1n) is 8.82. The zero-order chi connectivity index (χ0) is 18.4. The number of aromatic nitrogens is 2. The number of thiophene rings is 1. The number of fused-ring (bicyclic) bond motifs is 1. The first kappa shape index (κ1) is 18.1. The molecular weight excluding hydrogens is 372 g/mol. The molecule has 2 atom stereocenters. The summed E-state index contributed by atoms with van der Waals surface area (Å²) in [7, 11) is -3.20. The van der Waals surface area contributed by atoms with Gasteiger partial charge >= 0.3 is 0 Å². The van der Waals surface area contributed by atoms with Gasteiger partial charge in [-0.2, -0.15) is 5.10 Å². The second-order valence-electron chi connectivity index (χ2n) is 7.39. The number of nitrogens with zero attached hydrogens (tertiary/aromatic N) is 3. The molecule has 0 aromatic carbocycles. The van der Waals surface area contributed by atoms with Gasteiger partial charge in [-0.3, -0.25) is 10.00 Å². The van der Waals surface area contributed by atoms with Gasteiger partial charge in [0, 0.05) is 49.7 Å². The third-order valence-corrected chi connectivity index (χ3v) is 7.97. The topological polar surface area (TPSA) is 89.5 Å². The number of hydrogen-bond acceptors (Lipinski definition) is 6. The van der Waals surface area contributed by atoms with E-state index in [1.54, 1.807) is 17.5 Å². The third kappa shape index (κ3) is 3.59. The highest BCUT2D eigenvalue weighted by Gasteiger charge is 2.46. The molecule has 9 heteroatoms. The molecule has 26 heavy (non-hydrogen) atoms.